The Morgan fingerprint density at radius 2 is 2.32 bits per heavy atom. The van der Waals surface area contributed by atoms with Gasteiger partial charge in [-0.15, -0.1) is 0 Å². The van der Waals surface area contributed by atoms with Gasteiger partial charge in [0.05, 0.1) is 20.3 Å². The van der Waals surface area contributed by atoms with Gasteiger partial charge in [-0.1, -0.05) is 0 Å². The van der Waals surface area contributed by atoms with Crippen LogP contribution < -0.4 is 9.47 Å². The van der Waals surface area contributed by atoms with Gasteiger partial charge in [-0.25, -0.2) is 4.79 Å². The molecule has 19 heavy (non-hydrogen) atoms. The summed E-state index contributed by atoms with van der Waals surface area (Å²) in [6.45, 7) is 4.32. The van der Waals surface area contributed by atoms with Crippen LogP contribution in [0, 0.1) is 6.92 Å². The number of carbonyl (C=O) groups excluding carboxylic acids is 1. The zero-order valence-corrected chi connectivity index (χ0v) is 11.4. The van der Waals surface area contributed by atoms with Crippen molar-refractivity contribution in [1.29, 1.82) is 0 Å². The Kier molecular flexibility index (Phi) is 3.95. The lowest BCUT2D eigenvalue weighted by molar-refractivity contribution is -0.153. The summed E-state index contributed by atoms with van der Waals surface area (Å²) in [6.07, 6.45) is -0.692. The molecule has 1 aliphatic rings. The van der Waals surface area contributed by atoms with Crippen molar-refractivity contribution in [1.82, 2.24) is 0 Å². The maximum Gasteiger partial charge on any atom is 0.339 e. The lowest BCUT2D eigenvalue weighted by atomic mass is 9.96. The molecule has 1 aliphatic heterocycles. The van der Waals surface area contributed by atoms with Gasteiger partial charge in [-0.05, 0) is 25.5 Å². The number of hydrogen-bond donors (Lipinski definition) is 1. The fourth-order valence-electron chi connectivity index (χ4n) is 2.38. The van der Waals surface area contributed by atoms with Gasteiger partial charge in [0.2, 0.25) is 0 Å². The fraction of sp³-hybridized carbons (Fsp3) is 0.500. The summed E-state index contributed by atoms with van der Waals surface area (Å²) in [5.41, 5.74) is 2.11. The number of fused-ring (bicyclic) bond motifs is 1. The highest BCUT2D eigenvalue weighted by Crippen LogP contribution is 2.41. The third-order valence-electron chi connectivity index (χ3n) is 3.17. The van der Waals surface area contributed by atoms with E-state index in [2.05, 4.69) is 0 Å². The summed E-state index contributed by atoms with van der Waals surface area (Å²) >= 11 is 0. The van der Waals surface area contributed by atoms with Crippen LogP contribution in [0.25, 0.3) is 0 Å². The summed E-state index contributed by atoms with van der Waals surface area (Å²) < 4.78 is 15.7. The molecular weight excluding hydrogens is 248 g/mol. The first-order valence-electron chi connectivity index (χ1n) is 6.28. The standard InChI is InChI=1S/C14H18O5/c1-4-18-14(16)12(15)11-9-5-6-19-10(9)7-8(2)13(11)17-3/h7,12,15H,4-6H2,1-3H3. The average Bonchev–Trinajstić information content (AvgIpc) is 2.84. The number of benzene rings is 1. The summed E-state index contributed by atoms with van der Waals surface area (Å²) in [5.74, 6) is 0.557. The molecule has 1 N–H and O–H groups in total. The molecule has 1 heterocycles. The van der Waals surface area contributed by atoms with E-state index in [1.807, 2.05) is 13.0 Å². The molecule has 0 fully saturated rings. The van der Waals surface area contributed by atoms with Gasteiger partial charge in [-0.2, -0.15) is 0 Å². The van der Waals surface area contributed by atoms with Gasteiger partial charge in [0.15, 0.2) is 6.10 Å². The van der Waals surface area contributed by atoms with Crippen molar-refractivity contribution < 1.29 is 24.1 Å². The predicted octanol–water partition coefficient (Wildman–Crippen LogP) is 1.54. The molecule has 0 saturated carbocycles. The highest BCUT2D eigenvalue weighted by Gasteiger charge is 2.31. The minimum absolute atomic E-state index is 0.225. The van der Waals surface area contributed by atoms with Gasteiger partial charge in [0.1, 0.15) is 11.5 Å². The van der Waals surface area contributed by atoms with E-state index in [-0.39, 0.29) is 6.61 Å². The minimum Gasteiger partial charge on any atom is -0.496 e. The van der Waals surface area contributed by atoms with E-state index in [9.17, 15) is 9.90 Å². The van der Waals surface area contributed by atoms with E-state index in [0.717, 1.165) is 11.1 Å². The van der Waals surface area contributed by atoms with Crippen LogP contribution in [0.1, 0.15) is 29.7 Å². The summed E-state index contributed by atoms with van der Waals surface area (Å²) in [7, 11) is 1.52. The molecular formula is C14H18O5. The SMILES string of the molecule is CCOC(=O)C(O)c1c2c(cc(C)c1OC)OCC2. The maximum absolute atomic E-state index is 11.8. The van der Waals surface area contributed by atoms with Crippen molar-refractivity contribution in [3.05, 3.63) is 22.8 Å². The normalized spacial score (nSPS) is 14.5. The first-order valence-corrected chi connectivity index (χ1v) is 6.28. The Morgan fingerprint density at radius 1 is 1.58 bits per heavy atom. The molecule has 5 heteroatoms. The van der Waals surface area contributed by atoms with Gasteiger partial charge >= 0.3 is 5.97 Å². The maximum atomic E-state index is 11.8. The van der Waals surface area contributed by atoms with E-state index in [1.165, 1.54) is 7.11 Å². The molecule has 1 unspecified atom stereocenters. The largest absolute Gasteiger partial charge is 0.496 e. The van der Waals surface area contributed by atoms with E-state index < -0.39 is 12.1 Å². The Balaban J connectivity index is 2.51. The molecule has 0 amide bonds. The topological polar surface area (TPSA) is 65.0 Å². The number of aliphatic hydroxyl groups is 1. The van der Waals surface area contributed by atoms with Gasteiger partial charge in [0, 0.05) is 17.5 Å². The monoisotopic (exact) mass is 266 g/mol. The van der Waals surface area contributed by atoms with E-state index in [1.54, 1.807) is 6.92 Å². The van der Waals surface area contributed by atoms with Crippen molar-refractivity contribution in [2.45, 2.75) is 26.4 Å². The third kappa shape index (κ3) is 2.38. The van der Waals surface area contributed by atoms with E-state index >= 15 is 0 Å². The lowest BCUT2D eigenvalue weighted by Crippen LogP contribution is -2.18. The highest BCUT2D eigenvalue weighted by molar-refractivity contribution is 5.79. The molecule has 0 radical (unpaired) electrons. The average molecular weight is 266 g/mol. The molecule has 5 nitrogen and oxygen atoms in total. The van der Waals surface area contributed by atoms with Crippen LogP contribution in [0.2, 0.25) is 0 Å². The van der Waals surface area contributed by atoms with Crippen LogP contribution in [0.15, 0.2) is 6.07 Å². The van der Waals surface area contributed by atoms with E-state index in [0.29, 0.717) is 30.1 Å². The highest BCUT2D eigenvalue weighted by atomic mass is 16.5. The number of aryl methyl sites for hydroxylation is 1. The second kappa shape index (κ2) is 5.48. The van der Waals surface area contributed by atoms with Crippen LogP contribution in [-0.2, 0) is 16.0 Å². The quantitative estimate of drug-likeness (QED) is 0.837. The number of carbonyl (C=O) groups is 1. The number of hydrogen-bond acceptors (Lipinski definition) is 5. The van der Waals surface area contributed by atoms with Crippen LogP contribution in [-0.4, -0.2) is 31.4 Å². The molecule has 2 rings (SSSR count). The van der Waals surface area contributed by atoms with Crippen molar-refractivity contribution >= 4 is 5.97 Å². The van der Waals surface area contributed by atoms with Gasteiger partial charge < -0.3 is 19.3 Å². The molecule has 1 aromatic carbocycles. The minimum atomic E-state index is -1.34. The first-order chi connectivity index (χ1) is 9.10. The van der Waals surface area contributed by atoms with Crippen molar-refractivity contribution in [3.63, 3.8) is 0 Å². The molecule has 0 aliphatic carbocycles. The molecule has 0 bridgehead atoms. The van der Waals surface area contributed by atoms with Gasteiger partial charge in [0.25, 0.3) is 0 Å². The number of ether oxygens (including phenoxy) is 3. The second-order valence-electron chi connectivity index (χ2n) is 4.37. The zero-order valence-electron chi connectivity index (χ0n) is 11.4. The molecule has 0 spiro atoms. The van der Waals surface area contributed by atoms with Crippen molar-refractivity contribution in [2.24, 2.45) is 0 Å². The zero-order chi connectivity index (χ0) is 14.0. The smallest absolute Gasteiger partial charge is 0.339 e. The third-order valence-corrected chi connectivity index (χ3v) is 3.17. The van der Waals surface area contributed by atoms with Crippen LogP contribution in [0.4, 0.5) is 0 Å². The Hall–Kier alpha value is -1.75. The lowest BCUT2D eigenvalue weighted by Gasteiger charge is -2.18. The Morgan fingerprint density at radius 3 is 2.95 bits per heavy atom. The molecule has 0 saturated heterocycles. The first kappa shape index (κ1) is 13.7. The Labute approximate surface area is 112 Å². The summed E-state index contributed by atoms with van der Waals surface area (Å²) in [4.78, 5) is 11.8. The number of aliphatic hydroxyl groups excluding tert-OH is 1. The molecule has 0 aromatic heterocycles. The number of esters is 1. The van der Waals surface area contributed by atoms with E-state index in [4.69, 9.17) is 14.2 Å². The summed E-state index contributed by atoms with van der Waals surface area (Å²) in [5, 5.41) is 10.2. The predicted molar refractivity (Wildman–Crippen MR) is 68.5 cm³/mol. The number of rotatable bonds is 4. The summed E-state index contributed by atoms with van der Waals surface area (Å²) in [6, 6.07) is 1.86. The second-order valence-corrected chi connectivity index (χ2v) is 4.37. The van der Waals surface area contributed by atoms with Crippen molar-refractivity contribution in [2.75, 3.05) is 20.3 Å². The number of methoxy groups -OCH3 is 1. The van der Waals surface area contributed by atoms with Gasteiger partial charge in [-0.3, -0.25) is 0 Å². The van der Waals surface area contributed by atoms with Crippen LogP contribution in [0.5, 0.6) is 11.5 Å². The van der Waals surface area contributed by atoms with Crippen molar-refractivity contribution in [3.8, 4) is 11.5 Å². The fourth-order valence-corrected chi connectivity index (χ4v) is 2.38. The Bertz CT molecular complexity index is 491. The van der Waals surface area contributed by atoms with Crippen LogP contribution >= 0.6 is 0 Å². The molecule has 1 atom stereocenters. The van der Waals surface area contributed by atoms with Crippen LogP contribution in [0.3, 0.4) is 0 Å². The molecule has 1 aromatic rings. The molecule has 104 valence electrons.